The molecule has 0 unspecified atom stereocenters. The van der Waals surface area contributed by atoms with Crippen LogP contribution in [0.25, 0.3) is 0 Å². The number of pyridine rings is 1. The summed E-state index contributed by atoms with van der Waals surface area (Å²) >= 11 is 0. The van der Waals surface area contributed by atoms with Crippen LogP contribution in [0.5, 0.6) is 0 Å². The third-order valence-corrected chi connectivity index (χ3v) is 3.65. The molecule has 0 radical (unpaired) electrons. The first-order valence-electron chi connectivity index (χ1n) is 6.93. The van der Waals surface area contributed by atoms with Crippen molar-refractivity contribution in [1.29, 1.82) is 5.26 Å². The van der Waals surface area contributed by atoms with Crippen molar-refractivity contribution in [1.82, 2.24) is 14.8 Å². The number of aryl methyl sites for hydroxylation is 1. The molecule has 0 atom stereocenters. The number of nitrogens with zero attached hydrogens (tertiary/aromatic N) is 5. The van der Waals surface area contributed by atoms with E-state index in [9.17, 15) is 10.1 Å². The fourth-order valence-electron chi connectivity index (χ4n) is 2.58. The van der Waals surface area contributed by atoms with Crippen LogP contribution in [0.3, 0.4) is 0 Å². The second-order valence-electron chi connectivity index (χ2n) is 4.93. The molecule has 0 saturated carbocycles. The van der Waals surface area contributed by atoms with Crippen molar-refractivity contribution in [3.05, 3.63) is 51.6 Å². The molecule has 0 spiro atoms. The van der Waals surface area contributed by atoms with Gasteiger partial charge < -0.3 is 4.90 Å². The number of hydrogen-bond acceptors (Lipinski definition) is 5. The Kier molecular flexibility index (Phi) is 3.40. The first-order valence-corrected chi connectivity index (χ1v) is 6.93. The Morgan fingerprint density at radius 1 is 1.48 bits per heavy atom. The first kappa shape index (κ1) is 13.3. The van der Waals surface area contributed by atoms with Crippen molar-refractivity contribution in [2.24, 2.45) is 0 Å². The highest BCUT2D eigenvalue weighted by atomic mass is 16.1. The van der Waals surface area contributed by atoms with E-state index in [1.807, 2.05) is 11.8 Å². The Bertz CT molecular complexity index is 774. The molecular weight excluding hydrogens is 266 g/mol. The van der Waals surface area contributed by atoms with Crippen LogP contribution in [0, 0.1) is 11.3 Å². The highest BCUT2D eigenvalue weighted by Gasteiger charge is 2.21. The normalized spacial score (nSPS) is 13.6. The molecule has 0 fully saturated rings. The SMILES string of the molecule is CCn1nc2c(cc1=O)CN(c1ncccc1C#N)CC2. The van der Waals surface area contributed by atoms with Gasteiger partial charge in [0.15, 0.2) is 0 Å². The molecule has 3 heterocycles. The Morgan fingerprint density at radius 2 is 2.33 bits per heavy atom. The lowest BCUT2D eigenvalue weighted by Crippen LogP contribution is -2.35. The van der Waals surface area contributed by atoms with E-state index in [2.05, 4.69) is 16.2 Å². The Morgan fingerprint density at radius 3 is 3.10 bits per heavy atom. The molecule has 6 nitrogen and oxygen atoms in total. The van der Waals surface area contributed by atoms with Gasteiger partial charge in [-0.1, -0.05) is 0 Å². The molecule has 0 N–H and O–H groups in total. The van der Waals surface area contributed by atoms with Crippen LogP contribution in [-0.2, 0) is 19.5 Å². The number of fused-ring (bicyclic) bond motifs is 1. The van der Waals surface area contributed by atoms with E-state index in [-0.39, 0.29) is 5.56 Å². The molecule has 1 aliphatic heterocycles. The van der Waals surface area contributed by atoms with Crippen LogP contribution in [0.1, 0.15) is 23.7 Å². The smallest absolute Gasteiger partial charge is 0.267 e. The molecule has 1 aliphatic rings. The average molecular weight is 281 g/mol. The molecule has 0 aromatic carbocycles. The molecule has 3 rings (SSSR count). The molecule has 6 heteroatoms. The van der Waals surface area contributed by atoms with Crippen molar-refractivity contribution in [3.63, 3.8) is 0 Å². The molecule has 106 valence electrons. The van der Waals surface area contributed by atoms with E-state index in [0.717, 1.165) is 24.2 Å². The Labute approximate surface area is 122 Å². The molecule has 0 amide bonds. The van der Waals surface area contributed by atoms with Gasteiger partial charge in [0, 0.05) is 43.9 Å². The molecular formula is C15H15N5O. The van der Waals surface area contributed by atoms with Gasteiger partial charge in [-0.05, 0) is 19.1 Å². The fraction of sp³-hybridized carbons (Fsp3) is 0.333. The summed E-state index contributed by atoms with van der Waals surface area (Å²) in [5, 5.41) is 13.6. The topological polar surface area (TPSA) is 74.8 Å². The third-order valence-electron chi connectivity index (χ3n) is 3.65. The molecule has 2 aromatic rings. The molecule has 0 aliphatic carbocycles. The lowest BCUT2D eigenvalue weighted by Gasteiger charge is -2.29. The predicted molar refractivity (Wildman–Crippen MR) is 77.9 cm³/mol. The molecule has 0 bridgehead atoms. The summed E-state index contributed by atoms with van der Waals surface area (Å²) < 4.78 is 1.48. The van der Waals surface area contributed by atoms with Crippen LogP contribution >= 0.6 is 0 Å². The lowest BCUT2D eigenvalue weighted by molar-refractivity contribution is 0.572. The summed E-state index contributed by atoms with van der Waals surface area (Å²) in [6.07, 6.45) is 2.43. The minimum absolute atomic E-state index is 0.0837. The quantitative estimate of drug-likeness (QED) is 0.823. The maximum atomic E-state index is 11.9. The van der Waals surface area contributed by atoms with Crippen LogP contribution in [0.15, 0.2) is 29.2 Å². The Balaban J connectivity index is 1.97. The number of aromatic nitrogens is 3. The zero-order chi connectivity index (χ0) is 14.8. The summed E-state index contributed by atoms with van der Waals surface area (Å²) in [5.41, 5.74) is 2.35. The van der Waals surface area contributed by atoms with Gasteiger partial charge in [0.05, 0.1) is 11.3 Å². The van der Waals surface area contributed by atoms with Crippen LogP contribution in [-0.4, -0.2) is 21.3 Å². The van der Waals surface area contributed by atoms with Crippen molar-refractivity contribution < 1.29 is 0 Å². The maximum Gasteiger partial charge on any atom is 0.267 e. The van der Waals surface area contributed by atoms with E-state index >= 15 is 0 Å². The van der Waals surface area contributed by atoms with Crippen LogP contribution in [0.4, 0.5) is 5.82 Å². The molecule has 2 aromatic heterocycles. The summed E-state index contributed by atoms with van der Waals surface area (Å²) in [4.78, 5) is 18.2. The average Bonchev–Trinajstić information content (AvgIpc) is 2.53. The first-order chi connectivity index (χ1) is 10.2. The van der Waals surface area contributed by atoms with Gasteiger partial charge in [0.25, 0.3) is 5.56 Å². The zero-order valence-electron chi connectivity index (χ0n) is 11.8. The van der Waals surface area contributed by atoms with Gasteiger partial charge in [0.1, 0.15) is 11.9 Å². The lowest BCUT2D eigenvalue weighted by atomic mass is 10.1. The second-order valence-corrected chi connectivity index (χ2v) is 4.93. The van der Waals surface area contributed by atoms with Crippen LogP contribution in [0.2, 0.25) is 0 Å². The summed E-state index contributed by atoms with van der Waals surface area (Å²) in [6.45, 7) is 3.79. The largest absolute Gasteiger partial charge is 0.351 e. The van der Waals surface area contributed by atoms with E-state index in [1.165, 1.54) is 4.68 Å². The fourth-order valence-corrected chi connectivity index (χ4v) is 2.58. The van der Waals surface area contributed by atoms with E-state index in [1.54, 1.807) is 24.4 Å². The van der Waals surface area contributed by atoms with Gasteiger partial charge in [-0.15, -0.1) is 0 Å². The number of anilines is 1. The summed E-state index contributed by atoms with van der Waals surface area (Å²) in [7, 11) is 0. The van der Waals surface area contributed by atoms with Crippen molar-refractivity contribution in [2.45, 2.75) is 26.4 Å². The van der Waals surface area contributed by atoms with E-state index in [0.29, 0.717) is 24.5 Å². The number of rotatable bonds is 2. The summed E-state index contributed by atoms with van der Waals surface area (Å²) in [6, 6.07) is 7.31. The van der Waals surface area contributed by atoms with E-state index in [4.69, 9.17) is 0 Å². The highest BCUT2D eigenvalue weighted by molar-refractivity contribution is 5.54. The third kappa shape index (κ3) is 2.38. The zero-order valence-corrected chi connectivity index (χ0v) is 11.8. The van der Waals surface area contributed by atoms with Gasteiger partial charge in [-0.2, -0.15) is 10.4 Å². The minimum Gasteiger partial charge on any atom is -0.351 e. The second kappa shape index (κ2) is 5.37. The molecule has 0 saturated heterocycles. The highest BCUT2D eigenvalue weighted by Crippen LogP contribution is 2.23. The predicted octanol–water partition coefficient (Wildman–Crippen LogP) is 1.09. The van der Waals surface area contributed by atoms with Crippen molar-refractivity contribution in [3.8, 4) is 6.07 Å². The standard InChI is InChI=1S/C15H15N5O/c1-2-20-14(21)8-12-10-19(7-5-13(12)18-20)15-11(9-16)4-3-6-17-15/h3-4,6,8H,2,5,7,10H2,1H3. The van der Waals surface area contributed by atoms with Gasteiger partial charge in [-0.3, -0.25) is 4.79 Å². The minimum atomic E-state index is -0.0837. The van der Waals surface area contributed by atoms with Crippen molar-refractivity contribution in [2.75, 3.05) is 11.4 Å². The van der Waals surface area contributed by atoms with Gasteiger partial charge >= 0.3 is 0 Å². The van der Waals surface area contributed by atoms with Crippen molar-refractivity contribution >= 4 is 5.82 Å². The van der Waals surface area contributed by atoms with E-state index < -0.39 is 0 Å². The summed E-state index contributed by atoms with van der Waals surface area (Å²) in [5.74, 6) is 0.672. The Hall–Kier alpha value is -2.68. The number of nitriles is 1. The monoisotopic (exact) mass is 281 g/mol. The van der Waals surface area contributed by atoms with Gasteiger partial charge in [-0.25, -0.2) is 9.67 Å². The number of hydrogen-bond donors (Lipinski definition) is 0. The molecule has 21 heavy (non-hydrogen) atoms. The maximum absolute atomic E-state index is 11.9. The van der Waals surface area contributed by atoms with Crippen LogP contribution < -0.4 is 10.5 Å². The van der Waals surface area contributed by atoms with Gasteiger partial charge in [0.2, 0.25) is 0 Å².